The molecule has 0 aliphatic rings. The van der Waals surface area contributed by atoms with E-state index in [1.54, 1.807) is 0 Å². The molecule has 0 saturated heterocycles. The molecule has 1 aromatic heterocycles. The molecule has 2 heteroatoms. The number of furan rings is 1. The summed E-state index contributed by atoms with van der Waals surface area (Å²) in [7, 11) is 0. The van der Waals surface area contributed by atoms with Gasteiger partial charge in [-0.05, 0) is 81.9 Å². The van der Waals surface area contributed by atoms with E-state index in [4.69, 9.17) is 4.42 Å². The van der Waals surface area contributed by atoms with Crippen LogP contribution in [0.15, 0.2) is 150 Å². The van der Waals surface area contributed by atoms with Gasteiger partial charge in [0.05, 0.1) is 0 Å². The van der Waals surface area contributed by atoms with Crippen LogP contribution in [0, 0.1) is 0 Å². The van der Waals surface area contributed by atoms with Crippen LogP contribution >= 0.6 is 0 Å². The minimum atomic E-state index is 0.919. The molecule has 0 atom stereocenters. The molecule has 180 valence electrons. The van der Waals surface area contributed by atoms with Crippen molar-refractivity contribution in [2.24, 2.45) is 0 Å². The minimum absolute atomic E-state index is 0.919. The Morgan fingerprint density at radius 1 is 0.342 bits per heavy atom. The van der Waals surface area contributed by atoms with E-state index in [0.29, 0.717) is 0 Å². The van der Waals surface area contributed by atoms with Crippen molar-refractivity contribution in [1.29, 1.82) is 0 Å². The number of nitrogens with one attached hydrogen (secondary N) is 1. The standard InChI is InChI=1S/C36H25NO/c1-2-8-25(9-3-1)27-10-6-11-28(22-27)29-12-7-13-32(23-29)37-31-19-16-26(17-20-31)30-18-21-36-34(24-30)33-14-4-5-15-35(33)38-36/h1-24,37H. The summed E-state index contributed by atoms with van der Waals surface area (Å²) < 4.78 is 5.99. The van der Waals surface area contributed by atoms with Crippen LogP contribution in [0.4, 0.5) is 11.4 Å². The molecule has 0 fully saturated rings. The molecule has 0 saturated carbocycles. The molecule has 7 rings (SSSR count). The molecule has 0 spiro atoms. The van der Waals surface area contributed by atoms with Crippen molar-refractivity contribution in [3.63, 3.8) is 0 Å². The summed E-state index contributed by atoms with van der Waals surface area (Å²) in [6, 6.07) is 51.0. The lowest BCUT2D eigenvalue weighted by molar-refractivity contribution is 0.669. The Balaban J connectivity index is 1.13. The van der Waals surface area contributed by atoms with Gasteiger partial charge in [0, 0.05) is 22.1 Å². The fourth-order valence-electron chi connectivity index (χ4n) is 5.10. The van der Waals surface area contributed by atoms with E-state index >= 15 is 0 Å². The fraction of sp³-hybridized carbons (Fsp3) is 0. The monoisotopic (exact) mass is 487 g/mol. The van der Waals surface area contributed by atoms with E-state index in [-0.39, 0.29) is 0 Å². The van der Waals surface area contributed by atoms with Gasteiger partial charge in [0.1, 0.15) is 11.2 Å². The van der Waals surface area contributed by atoms with E-state index in [2.05, 4.69) is 139 Å². The van der Waals surface area contributed by atoms with Gasteiger partial charge in [-0.25, -0.2) is 0 Å². The highest BCUT2D eigenvalue weighted by molar-refractivity contribution is 6.06. The second-order valence-electron chi connectivity index (χ2n) is 9.54. The number of para-hydroxylation sites is 1. The first-order valence-electron chi connectivity index (χ1n) is 12.8. The van der Waals surface area contributed by atoms with E-state index in [1.807, 2.05) is 12.1 Å². The lowest BCUT2D eigenvalue weighted by atomic mass is 9.99. The highest BCUT2D eigenvalue weighted by atomic mass is 16.3. The van der Waals surface area contributed by atoms with Crippen molar-refractivity contribution in [3.05, 3.63) is 146 Å². The van der Waals surface area contributed by atoms with Crippen LogP contribution in [0.1, 0.15) is 0 Å². The number of rotatable bonds is 5. The molecule has 0 aliphatic heterocycles. The van der Waals surface area contributed by atoms with Gasteiger partial charge in [-0.2, -0.15) is 0 Å². The highest BCUT2D eigenvalue weighted by Crippen LogP contribution is 2.33. The molecule has 0 radical (unpaired) electrons. The Labute approximate surface area is 221 Å². The molecule has 1 heterocycles. The van der Waals surface area contributed by atoms with Crippen LogP contribution in [-0.4, -0.2) is 0 Å². The first kappa shape index (κ1) is 22.1. The average molecular weight is 488 g/mol. The van der Waals surface area contributed by atoms with Crippen molar-refractivity contribution < 1.29 is 4.42 Å². The van der Waals surface area contributed by atoms with Gasteiger partial charge in [-0.3, -0.25) is 0 Å². The molecule has 1 N–H and O–H groups in total. The zero-order chi connectivity index (χ0) is 25.3. The third-order valence-corrected chi connectivity index (χ3v) is 7.05. The van der Waals surface area contributed by atoms with Crippen LogP contribution < -0.4 is 5.32 Å². The maximum atomic E-state index is 5.99. The van der Waals surface area contributed by atoms with Gasteiger partial charge in [0.2, 0.25) is 0 Å². The SMILES string of the molecule is c1ccc(-c2cccc(-c3cccc(Nc4ccc(-c5ccc6oc7ccccc7c6c5)cc4)c3)c2)cc1. The third-order valence-electron chi connectivity index (χ3n) is 7.05. The summed E-state index contributed by atoms with van der Waals surface area (Å²) in [6.07, 6.45) is 0. The zero-order valence-corrected chi connectivity index (χ0v) is 20.8. The van der Waals surface area contributed by atoms with Crippen molar-refractivity contribution in [2.45, 2.75) is 0 Å². The molecule has 7 aromatic rings. The second-order valence-corrected chi connectivity index (χ2v) is 9.54. The fourth-order valence-corrected chi connectivity index (χ4v) is 5.10. The molecule has 38 heavy (non-hydrogen) atoms. The van der Waals surface area contributed by atoms with Gasteiger partial charge < -0.3 is 9.73 Å². The quantitative estimate of drug-likeness (QED) is 0.261. The van der Waals surface area contributed by atoms with Gasteiger partial charge in [0.25, 0.3) is 0 Å². The first-order valence-corrected chi connectivity index (χ1v) is 12.8. The van der Waals surface area contributed by atoms with E-state index in [1.165, 1.54) is 33.4 Å². The zero-order valence-electron chi connectivity index (χ0n) is 20.8. The van der Waals surface area contributed by atoms with Crippen molar-refractivity contribution in [1.82, 2.24) is 0 Å². The summed E-state index contributed by atoms with van der Waals surface area (Å²) in [5.41, 5.74) is 11.1. The predicted molar refractivity (Wildman–Crippen MR) is 160 cm³/mol. The average Bonchev–Trinajstić information content (AvgIpc) is 3.36. The van der Waals surface area contributed by atoms with E-state index in [9.17, 15) is 0 Å². The Morgan fingerprint density at radius 2 is 0.921 bits per heavy atom. The van der Waals surface area contributed by atoms with Crippen LogP contribution in [-0.2, 0) is 0 Å². The van der Waals surface area contributed by atoms with Crippen molar-refractivity contribution in [2.75, 3.05) is 5.32 Å². The maximum absolute atomic E-state index is 5.99. The van der Waals surface area contributed by atoms with Crippen LogP contribution in [0.2, 0.25) is 0 Å². The van der Waals surface area contributed by atoms with Gasteiger partial charge in [-0.1, -0.05) is 97.1 Å². The normalized spacial score (nSPS) is 11.2. The number of anilines is 2. The number of benzene rings is 6. The smallest absolute Gasteiger partial charge is 0.135 e. The van der Waals surface area contributed by atoms with Crippen molar-refractivity contribution >= 4 is 33.3 Å². The van der Waals surface area contributed by atoms with Gasteiger partial charge in [-0.15, -0.1) is 0 Å². The Kier molecular flexibility index (Phi) is 5.49. The summed E-state index contributed by atoms with van der Waals surface area (Å²) in [5.74, 6) is 0. The Bertz CT molecular complexity index is 1880. The third kappa shape index (κ3) is 4.23. The Hall–Kier alpha value is -5.08. The second kappa shape index (κ2) is 9.42. The van der Waals surface area contributed by atoms with E-state index in [0.717, 1.165) is 33.3 Å². The highest BCUT2D eigenvalue weighted by Gasteiger charge is 2.08. The molecule has 0 unspecified atom stereocenters. The van der Waals surface area contributed by atoms with Gasteiger partial charge in [0.15, 0.2) is 0 Å². The molecule has 2 nitrogen and oxygen atoms in total. The van der Waals surface area contributed by atoms with Crippen molar-refractivity contribution in [3.8, 4) is 33.4 Å². The molecular formula is C36H25NO. The molecule has 0 amide bonds. The predicted octanol–water partition coefficient (Wildman–Crippen LogP) is 10.3. The van der Waals surface area contributed by atoms with Crippen LogP contribution in [0.3, 0.4) is 0 Å². The van der Waals surface area contributed by atoms with Crippen LogP contribution in [0.25, 0.3) is 55.3 Å². The molecule has 0 bridgehead atoms. The first-order chi connectivity index (χ1) is 18.8. The van der Waals surface area contributed by atoms with E-state index < -0.39 is 0 Å². The molecular weight excluding hydrogens is 462 g/mol. The lowest BCUT2D eigenvalue weighted by Gasteiger charge is -2.11. The largest absolute Gasteiger partial charge is 0.456 e. The summed E-state index contributed by atoms with van der Waals surface area (Å²) in [5, 5.41) is 5.87. The number of hydrogen-bond donors (Lipinski definition) is 1. The number of fused-ring (bicyclic) bond motifs is 3. The van der Waals surface area contributed by atoms with Crippen LogP contribution in [0.5, 0.6) is 0 Å². The summed E-state index contributed by atoms with van der Waals surface area (Å²) in [4.78, 5) is 0. The Morgan fingerprint density at radius 3 is 1.76 bits per heavy atom. The minimum Gasteiger partial charge on any atom is -0.456 e. The topological polar surface area (TPSA) is 25.2 Å². The van der Waals surface area contributed by atoms with Gasteiger partial charge >= 0.3 is 0 Å². The molecule has 0 aliphatic carbocycles. The summed E-state index contributed by atoms with van der Waals surface area (Å²) >= 11 is 0. The lowest BCUT2D eigenvalue weighted by Crippen LogP contribution is -1.91. The maximum Gasteiger partial charge on any atom is 0.135 e. The number of hydrogen-bond acceptors (Lipinski definition) is 2. The molecule has 6 aromatic carbocycles. The summed E-state index contributed by atoms with van der Waals surface area (Å²) in [6.45, 7) is 0.